The molecule has 1 aliphatic rings. The molecular formula is C20H21N3O4. The van der Waals surface area contributed by atoms with E-state index in [4.69, 9.17) is 9.84 Å². The monoisotopic (exact) mass is 367 g/mol. The first-order valence-electron chi connectivity index (χ1n) is 8.75. The average Bonchev–Trinajstić information content (AvgIpc) is 2.96. The zero-order valence-corrected chi connectivity index (χ0v) is 15.7. The summed E-state index contributed by atoms with van der Waals surface area (Å²) >= 11 is 0. The van der Waals surface area contributed by atoms with Crippen LogP contribution in [0.3, 0.4) is 0 Å². The minimum atomic E-state index is -1.21. The number of methoxy groups -OCH3 is 1. The summed E-state index contributed by atoms with van der Waals surface area (Å²) in [4.78, 5) is 23.9. The van der Waals surface area contributed by atoms with Crippen LogP contribution < -0.4 is 10.2 Å². The van der Waals surface area contributed by atoms with Crippen molar-refractivity contribution in [2.45, 2.75) is 33.4 Å². The van der Waals surface area contributed by atoms with Crippen LogP contribution in [0.5, 0.6) is 5.75 Å². The fourth-order valence-corrected chi connectivity index (χ4v) is 3.74. The van der Waals surface area contributed by atoms with Gasteiger partial charge in [-0.05, 0) is 17.5 Å². The third kappa shape index (κ3) is 2.61. The molecule has 140 valence electrons. The number of rotatable bonds is 2. The average molecular weight is 367 g/mol. The molecule has 0 saturated carbocycles. The van der Waals surface area contributed by atoms with E-state index in [0.717, 1.165) is 16.6 Å². The van der Waals surface area contributed by atoms with E-state index in [1.807, 2.05) is 27.4 Å². The number of ether oxygens (including phenoxy) is 1. The molecule has 0 saturated heterocycles. The van der Waals surface area contributed by atoms with Crippen molar-refractivity contribution in [3.05, 3.63) is 46.2 Å². The van der Waals surface area contributed by atoms with Gasteiger partial charge in [0.15, 0.2) is 5.43 Å². The van der Waals surface area contributed by atoms with E-state index >= 15 is 0 Å². The molecule has 1 N–H and O–H groups in total. The molecule has 7 heteroatoms. The number of nitrogens with zero attached hydrogens (tertiary/aromatic N) is 3. The first-order chi connectivity index (χ1) is 12.7. The lowest BCUT2D eigenvalue weighted by Crippen LogP contribution is -2.35. The molecule has 3 aromatic rings. The summed E-state index contributed by atoms with van der Waals surface area (Å²) < 4.78 is 9.12. The first kappa shape index (κ1) is 17.3. The highest BCUT2D eigenvalue weighted by Gasteiger charge is 2.35. The molecule has 0 spiro atoms. The predicted molar refractivity (Wildman–Crippen MR) is 101 cm³/mol. The lowest BCUT2D eigenvalue weighted by Gasteiger charge is -2.38. The van der Waals surface area contributed by atoms with Crippen molar-refractivity contribution in [1.29, 1.82) is 0 Å². The zero-order chi connectivity index (χ0) is 19.5. The van der Waals surface area contributed by atoms with Gasteiger partial charge in [0.05, 0.1) is 36.6 Å². The van der Waals surface area contributed by atoms with E-state index < -0.39 is 11.4 Å². The molecule has 2 aromatic heterocycles. The molecule has 4 rings (SSSR count). The second-order valence-corrected chi connectivity index (χ2v) is 7.94. The Labute approximate surface area is 155 Å². The number of pyridine rings is 1. The molecular weight excluding hydrogens is 346 g/mol. The van der Waals surface area contributed by atoms with Gasteiger partial charge in [0.25, 0.3) is 0 Å². The number of carbonyl (C=O) groups is 1. The summed E-state index contributed by atoms with van der Waals surface area (Å²) in [7, 11) is 1.61. The Morgan fingerprint density at radius 3 is 2.67 bits per heavy atom. The van der Waals surface area contributed by atoms with Gasteiger partial charge < -0.3 is 14.4 Å². The van der Waals surface area contributed by atoms with Crippen LogP contribution in [-0.2, 0) is 6.54 Å². The van der Waals surface area contributed by atoms with E-state index in [9.17, 15) is 14.7 Å². The Bertz CT molecular complexity index is 1130. The number of aromatic nitrogens is 3. The van der Waals surface area contributed by atoms with Gasteiger partial charge in [-0.3, -0.25) is 9.48 Å². The Kier molecular flexibility index (Phi) is 3.66. The van der Waals surface area contributed by atoms with Crippen molar-refractivity contribution >= 4 is 16.9 Å². The minimum absolute atomic E-state index is 0.0464. The Morgan fingerprint density at radius 1 is 1.30 bits per heavy atom. The number of hydrogen-bond acceptors (Lipinski definition) is 4. The van der Waals surface area contributed by atoms with Crippen LogP contribution in [0, 0.1) is 5.41 Å². The van der Waals surface area contributed by atoms with Crippen molar-refractivity contribution < 1.29 is 14.6 Å². The van der Waals surface area contributed by atoms with Gasteiger partial charge in [0.2, 0.25) is 0 Å². The van der Waals surface area contributed by atoms with Gasteiger partial charge in [0.1, 0.15) is 11.3 Å². The second-order valence-electron chi connectivity index (χ2n) is 7.94. The van der Waals surface area contributed by atoms with Gasteiger partial charge in [-0.15, -0.1) is 0 Å². The molecule has 1 aromatic carbocycles. The van der Waals surface area contributed by atoms with Crippen LogP contribution in [0.25, 0.3) is 22.3 Å². The number of aromatic carboxylic acids is 1. The molecule has 0 aliphatic carbocycles. The SMILES string of the molecule is COc1ccc2c3n(nc2c1)CC(C(C)(C)C)n1cc(C(=O)O)c(=O)cc1-3. The van der Waals surface area contributed by atoms with Crippen LogP contribution in [0.15, 0.2) is 35.3 Å². The maximum absolute atomic E-state index is 12.4. The van der Waals surface area contributed by atoms with E-state index in [0.29, 0.717) is 18.0 Å². The van der Waals surface area contributed by atoms with Gasteiger partial charge in [0, 0.05) is 23.7 Å². The summed E-state index contributed by atoms with van der Waals surface area (Å²) in [6.45, 7) is 6.87. The summed E-state index contributed by atoms with van der Waals surface area (Å²) in [5.74, 6) is -0.499. The Hall–Kier alpha value is -3.09. The molecule has 3 heterocycles. The lowest BCUT2D eigenvalue weighted by molar-refractivity contribution is 0.0693. The molecule has 0 radical (unpaired) electrons. The highest BCUT2D eigenvalue weighted by Crippen LogP contribution is 2.42. The van der Waals surface area contributed by atoms with Crippen molar-refractivity contribution in [2.24, 2.45) is 5.41 Å². The van der Waals surface area contributed by atoms with Crippen molar-refractivity contribution in [3.8, 4) is 17.1 Å². The predicted octanol–water partition coefficient (Wildman–Crippen LogP) is 3.17. The third-order valence-corrected chi connectivity index (χ3v) is 5.18. The van der Waals surface area contributed by atoms with Crippen LogP contribution >= 0.6 is 0 Å². The molecule has 7 nitrogen and oxygen atoms in total. The quantitative estimate of drug-likeness (QED) is 0.752. The minimum Gasteiger partial charge on any atom is -0.497 e. The van der Waals surface area contributed by atoms with Crippen LogP contribution in [0.1, 0.15) is 37.2 Å². The molecule has 1 aliphatic heterocycles. The largest absolute Gasteiger partial charge is 0.497 e. The van der Waals surface area contributed by atoms with Crippen LogP contribution in [0.4, 0.5) is 0 Å². The second kappa shape index (κ2) is 5.70. The lowest BCUT2D eigenvalue weighted by atomic mass is 9.85. The van der Waals surface area contributed by atoms with E-state index in [1.54, 1.807) is 7.11 Å². The maximum atomic E-state index is 12.4. The number of fused-ring (bicyclic) bond motifs is 5. The fraction of sp³-hybridized carbons (Fsp3) is 0.350. The molecule has 1 atom stereocenters. The highest BCUT2D eigenvalue weighted by atomic mass is 16.5. The topological polar surface area (TPSA) is 86.3 Å². The third-order valence-electron chi connectivity index (χ3n) is 5.18. The number of carboxylic acids is 1. The number of carboxylic acid groups (broad SMARTS) is 1. The molecule has 27 heavy (non-hydrogen) atoms. The van der Waals surface area contributed by atoms with Crippen molar-refractivity contribution in [3.63, 3.8) is 0 Å². The van der Waals surface area contributed by atoms with E-state index in [2.05, 4.69) is 20.8 Å². The molecule has 0 amide bonds. The number of hydrogen-bond donors (Lipinski definition) is 1. The van der Waals surface area contributed by atoms with Gasteiger partial charge in [-0.1, -0.05) is 20.8 Å². The summed E-state index contributed by atoms with van der Waals surface area (Å²) in [6.07, 6.45) is 1.47. The fourth-order valence-electron chi connectivity index (χ4n) is 3.74. The Balaban J connectivity index is 2.06. The van der Waals surface area contributed by atoms with Crippen LogP contribution in [0.2, 0.25) is 0 Å². The molecule has 0 bridgehead atoms. The number of benzene rings is 1. The zero-order valence-electron chi connectivity index (χ0n) is 15.7. The van der Waals surface area contributed by atoms with Crippen molar-refractivity contribution in [2.75, 3.05) is 7.11 Å². The molecule has 0 fully saturated rings. The van der Waals surface area contributed by atoms with Gasteiger partial charge in [-0.25, -0.2) is 4.79 Å². The van der Waals surface area contributed by atoms with E-state index in [1.165, 1.54) is 12.3 Å². The van der Waals surface area contributed by atoms with Crippen LogP contribution in [-0.4, -0.2) is 32.5 Å². The first-order valence-corrected chi connectivity index (χ1v) is 8.75. The van der Waals surface area contributed by atoms with Gasteiger partial charge >= 0.3 is 5.97 Å². The summed E-state index contributed by atoms with van der Waals surface area (Å²) in [5, 5.41) is 15.0. The van der Waals surface area contributed by atoms with E-state index in [-0.39, 0.29) is 17.0 Å². The molecule has 1 unspecified atom stereocenters. The summed E-state index contributed by atoms with van der Waals surface area (Å²) in [5.41, 5.74) is 1.41. The maximum Gasteiger partial charge on any atom is 0.341 e. The standard InChI is InChI=1S/C20H21N3O4/c1-20(2,3)17-10-23-18(12-6-5-11(27-4)7-14(12)21-23)15-8-16(24)13(19(25)26)9-22(15)17/h5-9,17H,10H2,1-4H3,(H,25,26). The normalized spacial score (nSPS) is 16.1. The van der Waals surface area contributed by atoms with Crippen molar-refractivity contribution in [1.82, 2.24) is 14.3 Å². The summed E-state index contributed by atoms with van der Waals surface area (Å²) in [6, 6.07) is 7.01. The Morgan fingerprint density at radius 2 is 2.04 bits per heavy atom. The smallest absolute Gasteiger partial charge is 0.341 e. The highest BCUT2D eigenvalue weighted by molar-refractivity contribution is 5.94. The van der Waals surface area contributed by atoms with Gasteiger partial charge in [-0.2, -0.15) is 5.10 Å².